The molecule has 1 aliphatic rings. The molecule has 1 aromatic carbocycles. The standard InChI is InChI=1S/C17H22F3N5O/c1-16(2,3)25-15(21-22-23-25)14(24-7-9-26-10-8-24)12-5-4-6-13(11-12)17(18,19)20/h4-6,11,14H,7-10H2,1-3H3/t14-/m1/s1. The summed E-state index contributed by atoms with van der Waals surface area (Å²) >= 11 is 0. The van der Waals surface area contributed by atoms with Gasteiger partial charge in [-0.15, -0.1) is 5.10 Å². The molecule has 0 saturated carbocycles. The van der Waals surface area contributed by atoms with E-state index in [0.717, 1.165) is 6.07 Å². The number of benzene rings is 1. The molecule has 0 aliphatic carbocycles. The number of hydrogen-bond acceptors (Lipinski definition) is 5. The normalized spacial score (nSPS) is 18.1. The zero-order valence-electron chi connectivity index (χ0n) is 15.0. The molecule has 142 valence electrons. The van der Waals surface area contributed by atoms with Crippen molar-refractivity contribution in [2.75, 3.05) is 26.3 Å². The van der Waals surface area contributed by atoms with E-state index in [1.807, 2.05) is 20.8 Å². The second kappa shape index (κ2) is 6.96. The van der Waals surface area contributed by atoms with Crippen molar-refractivity contribution in [2.45, 2.75) is 38.5 Å². The molecule has 2 heterocycles. The molecule has 1 saturated heterocycles. The lowest BCUT2D eigenvalue weighted by atomic mass is 9.99. The molecule has 0 N–H and O–H groups in total. The molecule has 2 aromatic rings. The summed E-state index contributed by atoms with van der Waals surface area (Å²) in [6.45, 7) is 8.09. The van der Waals surface area contributed by atoms with E-state index in [1.54, 1.807) is 10.7 Å². The van der Waals surface area contributed by atoms with Gasteiger partial charge in [0.2, 0.25) is 0 Å². The van der Waals surface area contributed by atoms with Crippen LogP contribution in [0.4, 0.5) is 13.2 Å². The SMILES string of the molecule is CC(C)(C)n1nnnc1[C@@H](c1cccc(C(F)(F)F)c1)N1CCOCC1. The van der Waals surface area contributed by atoms with Gasteiger partial charge in [0.1, 0.15) is 0 Å². The number of rotatable bonds is 3. The van der Waals surface area contributed by atoms with Crippen LogP contribution in [-0.2, 0) is 16.5 Å². The minimum Gasteiger partial charge on any atom is -0.379 e. The van der Waals surface area contributed by atoms with Crippen LogP contribution in [0.25, 0.3) is 0 Å². The highest BCUT2D eigenvalue weighted by Gasteiger charge is 2.35. The number of alkyl halides is 3. The Labute approximate surface area is 149 Å². The van der Waals surface area contributed by atoms with Crippen molar-refractivity contribution < 1.29 is 17.9 Å². The molecule has 9 heteroatoms. The largest absolute Gasteiger partial charge is 0.416 e. The van der Waals surface area contributed by atoms with Crippen LogP contribution in [0.5, 0.6) is 0 Å². The van der Waals surface area contributed by atoms with E-state index >= 15 is 0 Å². The monoisotopic (exact) mass is 369 g/mol. The average molecular weight is 369 g/mol. The van der Waals surface area contributed by atoms with Crippen LogP contribution in [0, 0.1) is 0 Å². The van der Waals surface area contributed by atoms with Crippen LogP contribution in [0.1, 0.15) is 43.8 Å². The molecule has 1 fully saturated rings. The van der Waals surface area contributed by atoms with Gasteiger partial charge in [0.05, 0.1) is 30.4 Å². The molecular formula is C17H22F3N5O. The van der Waals surface area contributed by atoms with Crippen molar-refractivity contribution in [3.05, 3.63) is 41.2 Å². The smallest absolute Gasteiger partial charge is 0.379 e. The number of morpholine rings is 1. The number of nitrogens with zero attached hydrogens (tertiary/aromatic N) is 5. The van der Waals surface area contributed by atoms with E-state index in [9.17, 15) is 13.2 Å². The fraction of sp³-hybridized carbons (Fsp3) is 0.588. The predicted octanol–water partition coefficient (Wildman–Crippen LogP) is 2.87. The summed E-state index contributed by atoms with van der Waals surface area (Å²) < 4.78 is 46.7. The summed E-state index contributed by atoms with van der Waals surface area (Å²) in [6.07, 6.45) is -4.40. The van der Waals surface area contributed by atoms with E-state index in [-0.39, 0.29) is 0 Å². The predicted molar refractivity (Wildman–Crippen MR) is 88.5 cm³/mol. The van der Waals surface area contributed by atoms with Crippen molar-refractivity contribution in [1.29, 1.82) is 0 Å². The maximum absolute atomic E-state index is 13.2. The lowest BCUT2D eigenvalue weighted by molar-refractivity contribution is -0.137. The highest BCUT2D eigenvalue weighted by atomic mass is 19.4. The Morgan fingerprint density at radius 3 is 2.42 bits per heavy atom. The molecule has 0 amide bonds. The maximum Gasteiger partial charge on any atom is 0.416 e. The fourth-order valence-electron chi connectivity index (χ4n) is 3.09. The Hall–Kier alpha value is -2.00. The van der Waals surface area contributed by atoms with E-state index in [2.05, 4.69) is 20.4 Å². The van der Waals surface area contributed by atoms with Gasteiger partial charge in [-0.25, -0.2) is 4.68 Å². The van der Waals surface area contributed by atoms with Crippen molar-refractivity contribution in [3.8, 4) is 0 Å². The minimum atomic E-state index is -4.40. The highest BCUT2D eigenvalue weighted by Crippen LogP contribution is 2.35. The van der Waals surface area contributed by atoms with E-state index in [4.69, 9.17) is 4.74 Å². The lowest BCUT2D eigenvalue weighted by Crippen LogP contribution is -2.41. The first kappa shape index (κ1) is 18.8. The summed E-state index contributed by atoms with van der Waals surface area (Å²) in [4.78, 5) is 2.06. The van der Waals surface area contributed by atoms with Crippen molar-refractivity contribution in [3.63, 3.8) is 0 Å². The van der Waals surface area contributed by atoms with Gasteiger partial charge in [-0.05, 0) is 48.9 Å². The second-order valence-electron chi connectivity index (χ2n) is 7.29. The van der Waals surface area contributed by atoms with Crippen LogP contribution in [0.15, 0.2) is 24.3 Å². The molecule has 1 aromatic heterocycles. The number of hydrogen-bond donors (Lipinski definition) is 0. The van der Waals surface area contributed by atoms with Gasteiger partial charge < -0.3 is 4.74 Å². The third kappa shape index (κ3) is 3.88. The summed E-state index contributed by atoms with van der Waals surface area (Å²) in [7, 11) is 0. The molecular weight excluding hydrogens is 347 g/mol. The Balaban J connectivity index is 2.10. The molecule has 1 atom stereocenters. The zero-order valence-corrected chi connectivity index (χ0v) is 15.0. The first-order chi connectivity index (χ1) is 12.2. The third-order valence-electron chi connectivity index (χ3n) is 4.31. The topological polar surface area (TPSA) is 56.1 Å². The van der Waals surface area contributed by atoms with E-state index in [0.29, 0.717) is 37.7 Å². The van der Waals surface area contributed by atoms with Gasteiger partial charge >= 0.3 is 6.18 Å². The molecule has 3 rings (SSSR count). The van der Waals surface area contributed by atoms with Gasteiger partial charge in [-0.2, -0.15) is 13.2 Å². The maximum atomic E-state index is 13.2. The first-order valence-electron chi connectivity index (χ1n) is 8.45. The third-order valence-corrected chi connectivity index (χ3v) is 4.31. The molecule has 0 unspecified atom stereocenters. The molecule has 0 radical (unpaired) electrons. The van der Waals surface area contributed by atoms with Crippen molar-refractivity contribution in [2.24, 2.45) is 0 Å². The Morgan fingerprint density at radius 2 is 1.81 bits per heavy atom. The number of halogens is 3. The summed E-state index contributed by atoms with van der Waals surface area (Å²) in [6, 6.07) is 4.90. The van der Waals surface area contributed by atoms with Gasteiger partial charge in [0.25, 0.3) is 0 Å². The van der Waals surface area contributed by atoms with Gasteiger partial charge in [0, 0.05) is 13.1 Å². The number of tetrazole rings is 1. The van der Waals surface area contributed by atoms with Crippen molar-refractivity contribution >= 4 is 0 Å². The van der Waals surface area contributed by atoms with Crippen LogP contribution >= 0.6 is 0 Å². The molecule has 0 spiro atoms. The van der Waals surface area contributed by atoms with Gasteiger partial charge in [-0.1, -0.05) is 12.1 Å². The molecule has 6 nitrogen and oxygen atoms in total. The molecule has 26 heavy (non-hydrogen) atoms. The Kier molecular flexibility index (Phi) is 5.03. The Bertz CT molecular complexity index is 747. The minimum absolute atomic E-state index is 0.398. The van der Waals surface area contributed by atoms with Crippen LogP contribution in [0.2, 0.25) is 0 Å². The number of ether oxygens (including phenoxy) is 1. The lowest BCUT2D eigenvalue weighted by Gasteiger charge is -2.35. The average Bonchev–Trinajstić information content (AvgIpc) is 3.05. The quantitative estimate of drug-likeness (QED) is 0.833. The Morgan fingerprint density at radius 1 is 1.12 bits per heavy atom. The molecule has 1 aliphatic heterocycles. The van der Waals surface area contributed by atoms with Crippen LogP contribution < -0.4 is 0 Å². The van der Waals surface area contributed by atoms with Gasteiger partial charge in [-0.3, -0.25) is 4.90 Å². The zero-order chi connectivity index (χ0) is 18.9. The van der Waals surface area contributed by atoms with Crippen molar-refractivity contribution in [1.82, 2.24) is 25.1 Å². The summed E-state index contributed by atoms with van der Waals surface area (Å²) in [5, 5.41) is 12.0. The number of aromatic nitrogens is 4. The highest BCUT2D eigenvalue weighted by molar-refractivity contribution is 5.31. The van der Waals surface area contributed by atoms with Crippen LogP contribution in [-0.4, -0.2) is 51.4 Å². The van der Waals surface area contributed by atoms with E-state index < -0.39 is 23.3 Å². The molecule has 0 bridgehead atoms. The first-order valence-corrected chi connectivity index (χ1v) is 8.45. The fourth-order valence-corrected chi connectivity index (χ4v) is 3.09. The van der Waals surface area contributed by atoms with Crippen LogP contribution in [0.3, 0.4) is 0 Å². The van der Waals surface area contributed by atoms with E-state index in [1.165, 1.54) is 12.1 Å². The summed E-state index contributed by atoms with van der Waals surface area (Å²) in [5.41, 5.74) is -0.560. The summed E-state index contributed by atoms with van der Waals surface area (Å²) in [5.74, 6) is 0.527. The second-order valence-corrected chi connectivity index (χ2v) is 7.29. The van der Waals surface area contributed by atoms with Gasteiger partial charge in [0.15, 0.2) is 5.82 Å².